The van der Waals surface area contributed by atoms with Crippen LogP contribution in [0.3, 0.4) is 0 Å². The number of halogens is 2. The zero-order chi connectivity index (χ0) is 17.7. The van der Waals surface area contributed by atoms with E-state index in [1.807, 2.05) is 0 Å². The molecular weight excluding hydrogens is 314 g/mol. The molecule has 0 aromatic heterocycles. The van der Waals surface area contributed by atoms with Gasteiger partial charge in [0, 0.05) is 6.42 Å². The molecule has 0 bridgehead atoms. The third-order valence-electron chi connectivity index (χ3n) is 3.06. The van der Waals surface area contributed by atoms with Crippen molar-refractivity contribution in [3.05, 3.63) is 0 Å². The molecular formula is C15H30F2O6. The van der Waals surface area contributed by atoms with Gasteiger partial charge in [0.15, 0.2) is 0 Å². The first-order valence-electron chi connectivity index (χ1n) is 7.81. The van der Waals surface area contributed by atoms with Gasteiger partial charge in [-0.15, -0.1) is 0 Å². The molecule has 4 atom stereocenters. The highest BCUT2D eigenvalue weighted by atomic mass is 19.2. The third kappa shape index (κ3) is 13.7. The Kier molecular flexibility index (Phi) is 12.8. The van der Waals surface area contributed by atoms with Crippen LogP contribution in [0.1, 0.15) is 27.2 Å². The summed E-state index contributed by atoms with van der Waals surface area (Å²) in [6.45, 7) is 4.59. The van der Waals surface area contributed by atoms with Crippen LogP contribution in [0.5, 0.6) is 0 Å². The lowest BCUT2D eigenvalue weighted by atomic mass is 10.2. The van der Waals surface area contributed by atoms with Crippen molar-refractivity contribution in [3.63, 3.8) is 0 Å². The van der Waals surface area contributed by atoms with Crippen molar-refractivity contribution in [2.45, 2.75) is 51.4 Å². The zero-order valence-electron chi connectivity index (χ0n) is 14.2. The minimum absolute atomic E-state index is 0.0122. The first kappa shape index (κ1) is 22.6. The van der Waals surface area contributed by atoms with Gasteiger partial charge in [-0.25, -0.2) is 8.78 Å². The molecule has 2 N–H and O–H groups in total. The molecule has 6 nitrogen and oxygen atoms in total. The molecule has 0 heterocycles. The number of alkyl halides is 2. The number of rotatable bonds is 15. The maximum Gasteiger partial charge on any atom is 0.208 e. The third-order valence-corrected chi connectivity index (χ3v) is 3.06. The van der Waals surface area contributed by atoms with Crippen LogP contribution in [0, 0.1) is 0 Å². The highest BCUT2D eigenvalue weighted by molar-refractivity contribution is 4.63. The number of aliphatic hydroxyl groups excluding tert-OH is 2. The summed E-state index contributed by atoms with van der Waals surface area (Å²) in [6.07, 6.45) is -2.51. The van der Waals surface area contributed by atoms with E-state index in [9.17, 15) is 13.9 Å². The van der Waals surface area contributed by atoms with Crippen LogP contribution >= 0.6 is 0 Å². The highest BCUT2D eigenvalue weighted by Gasteiger charge is 2.24. The van der Waals surface area contributed by atoms with Crippen LogP contribution in [0.4, 0.5) is 8.78 Å². The molecule has 0 aliphatic rings. The van der Waals surface area contributed by atoms with E-state index >= 15 is 0 Å². The van der Waals surface area contributed by atoms with Gasteiger partial charge in [0.2, 0.25) is 5.85 Å². The molecule has 0 rings (SSSR count). The second-order valence-corrected chi connectivity index (χ2v) is 5.48. The second-order valence-electron chi connectivity index (χ2n) is 5.48. The van der Waals surface area contributed by atoms with Crippen molar-refractivity contribution in [1.82, 2.24) is 0 Å². The van der Waals surface area contributed by atoms with Gasteiger partial charge in [-0.2, -0.15) is 0 Å². The zero-order valence-corrected chi connectivity index (χ0v) is 14.2. The van der Waals surface area contributed by atoms with Crippen molar-refractivity contribution < 1.29 is 37.9 Å². The number of aliphatic hydroxyl groups is 2. The van der Waals surface area contributed by atoms with Crippen LogP contribution in [-0.4, -0.2) is 80.7 Å². The van der Waals surface area contributed by atoms with Crippen molar-refractivity contribution >= 4 is 0 Å². The van der Waals surface area contributed by atoms with Gasteiger partial charge in [0.25, 0.3) is 0 Å². The van der Waals surface area contributed by atoms with Crippen LogP contribution in [0.2, 0.25) is 0 Å². The normalized spacial score (nSPS) is 18.4. The Labute approximate surface area is 136 Å². The maximum absolute atomic E-state index is 14.0. The summed E-state index contributed by atoms with van der Waals surface area (Å²) >= 11 is 0. The number of ether oxygens (including phenoxy) is 4. The average Bonchev–Trinajstić information content (AvgIpc) is 2.46. The number of hydrogen-bond acceptors (Lipinski definition) is 6. The summed E-state index contributed by atoms with van der Waals surface area (Å²) in [7, 11) is 0. The van der Waals surface area contributed by atoms with Crippen LogP contribution in [0.15, 0.2) is 0 Å². The Morgan fingerprint density at radius 2 is 1.65 bits per heavy atom. The molecule has 0 fully saturated rings. The predicted octanol–water partition coefficient (Wildman–Crippen LogP) is 1.23. The van der Waals surface area contributed by atoms with Gasteiger partial charge in [0.05, 0.1) is 52.4 Å². The smallest absolute Gasteiger partial charge is 0.208 e. The summed E-state index contributed by atoms with van der Waals surface area (Å²) < 4.78 is 47.1. The fourth-order valence-corrected chi connectivity index (χ4v) is 1.50. The topological polar surface area (TPSA) is 77.4 Å². The van der Waals surface area contributed by atoms with E-state index in [4.69, 9.17) is 24.1 Å². The Morgan fingerprint density at radius 1 is 1.04 bits per heavy atom. The van der Waals surface area contributed by atoms with Gasteiger partial charge in [0.1, 0.15) is 12.3 Å². The minimum atomic E-state index is -1.88. The standard InChI is InChI=1S/C15H30F2O6/c1-12(16)13(2)22-6-4-15(3,17)23-9-8-21-11-14(19)10-20-7-5-18/h12-14,18-19H,4-11H2,1-3H3. The van der Waals surface area contributed by atoms with Crippen molar-refractivity contribution in [2.75, 3.05) is 46.2 Å². The molecule has 0 radical (unpaired) electrons. The largest absolute Gasteiger partial charge is 0.394 e. The summed E-state index contributed by atoms with van der Waals surface area (Å²) in [4.78, 5) is 0. The van der Waals surface area contributed by atoms with Crippen LogP contribution in [-0.2, 0) is 18.9 Å². The molecule has 0 saturated heterocycles. The molecule has 8 heteroatoms. The van der Waals surface area contributed by atoms with E-state index in [-0.39, 0.29) is 52.7 Å². The Balaban J connectivity index is 3.61. The van der Waals surface area contributed by atoms with Gasteiger partial charge in [-0.05, 0) is 20.8 Å². The summed E-state index contributed by atoms with van der Waals surface area (Å²) in [5.41, 5.74) is 0. The number of hydrogen-bond donors (Lipinski definition) is 2. The van der Waals surface area contributed by atoms with E-state index in [0.29, 0.717) is 0 Å². The van der Waals surface area contributed by atoms with Crippen molar-refractivity contribution in [2.24, 2.45) is 0 Å². The van der Waals surface area contributed by atoms with Gasteiger partial charge in [-0.1, -0.05) is 0 Å². The Bertz CT molecular complexity index is 279. The lowest BCUT2D eigenvalue weighted by Crippen LogP contribution is -2.29. The van der Waals surface area contributed by atoms with E-state index in [1.54, 1.807) is 6.92 Å². The fourth-order valence-electron chi connectivity index (χ4n) is 1.50. The van der Waals surface area contributed by atoms with E-state index in [2.05, 4.69) is 0 Å². The summed E-state index contributed by atoms with van der Waals surface area (Å²) in [5, 5.41) is 18.0. The van der Waals surface area contributed by atoms with Crippen molar-refractivity contribution in [3.8, 4) is 0 Å². The molecule has 0 aromatic rings. The molecule has 0 aromatic carbocycles. The van der Waals surface area contributed by atoms with Gasteiger partial charge < -0.3 is 29.2 Å². The van der Waals surface area contributed by atoms with E-state index < -0.39 is 24.2 Å². The summed E-state index contributed by atoms with van der Waals surface area (Å²) in [6, 6.07) is 0. The minimum Gasteiger partial charge on any atom is -0.394 e. The predicted molar refractivity (Wildman–Crippen MR) is 80.8 cm³/mol. The molecule has 0 spiro atoms. The first-order chi connectivity index (χ1) is 10.8. The van der Waals surface area contributed by atoms with Gasteiger partial charge >= 0.3 is 0 Å². The SMILES string of the molecule is CC(F)C(C)OCCC(C)(F)OCCOCC(O)COCCO. The average molecular weight is 344 g/mol. The monoisotopic (exact) mass is 344 g/mol. The van der Waals surface area contributed by atoms with E-state index in [0.717, 1.165) is 0 Å². The molecule has 140 valence electrons. The summed E-state index contributed by atoms with van der Waals surface area (Å²) in [5.74, 6) is -1.88. The lowest BCUT2D eigenvalue weighted by Gasteiger charge is -2.22. The maximum atomic E-state index is 14.0. The van der Waals surface area contributed by atoms with Gasteiger partial charge in [-0.3, -0.25) is 0 Å². The molecule has 0 aliphatic carbocycles. The van der Waals surface area contributed by atoms with E-state index in [1.165, 1.54) is 13.8 Å². The fraction of sp³-hybridized carbons (Fsp3) is 1.00. The first-order valence-corrected chi connectivity index (χ1v) is 7.81. The quantitative estimate of drug-likeness (QED) is 0.435. The lowest BCUT2D eigenvalue weighted by molar-refractivity contribution is -0.160. The molecule has 4 unspecified atom stereocenters. The second kappa shape index (κ2) is 13.0. The van der Waals surface area contributed by atoms with Crippen molar-refractivity contribution in [1.29, 1.82) is 0 Å². The molecule has 23 heavy (non-hydrogen) atoms. The van der Waals surface area contributed by atoms with Crippen LogP contribution in [0.25, 0.3) is 0 Å². The Hall–Kier alpha value is -0.380. The molecule has 0 saturated carbocycles. The molecule has 0 amide bonds. The molecule has 0 aliphatic heterocycles. The van der Waals surface area contributed by atoms with Crippen LogP contribution < -0.4 is 0 Å². The highest BCUT2D eigenvalue weighted by Crippen LogP contribution is 2.18. The Morgan fingerprint density at radius 3 is 2.22 bits per heavy atom.